The number of nitrogens with zero attached hydrogens (tertiary/aromatic N) is 1. The highest BCUT2D eigenvalue weighted by molar-refractivity contribution is 5.68. The molecule has 1 aromatic rings. The van der Waals surface area contributed by atoms with Crippen LogP contribution in [0.2, 0.25) is 0 Å². The summed E-state index contributed by atoms with van der Waals surface area (Å²) >= 11 is 0. The van der Waals surface area contributed by atoms with Crippen molar-refractivity contribution in [2.24, 2.45) is 0 Å². The number of pyridine rings is 1. The normalized spacial score (nSPS) is 21.8. The van der Waals surface area contributed by atoms with Gasteiger partial charge in [-0.15, -0.1) is 0 Å². The molecule has 1 heterocycles. The Morgan fingerprint density at radius 2 is 2.10 bits per heavy atom. The Bertz CT molecular complexity index is 464. The molecule has 1 aliphatic carbocycles. The van der Waals surface area contributed by atoms with Gasteiger partial charge in [0.1, 0.15) is 17.5 Å². The molecule has 0 spiro atoms. The van der Waals surface area contributed by atoms with Crippen molar-refractivity contribution in [1.29, 1.82) is 0 Å². The van der Waals surface area contributed by atoms with Crippen molar-refractivity contribution in [1.82, 2.24) is 10.3 Å². The van der Waals surface area contributed by atoms with Crippen LogP contribution >= 0.6 is 0 Å². The van der Waals surface area contributed by atoms with Gasteiger partial charge in [0.2, 0.25) is 5.95 Å². The molecule has 0 aromatic carbocycles. The second-order valence-corrected chi connectivity index (χ2v) is 5.87. The van der Waals surface area contributed by atoms with E-state index in [-0.39, 0.29) is 12.1 Å². The van der Waals surface area contributed by atoms with Gasteiger partial charge in [-0.25, -0.2) is 9.78 Å². The molecule has 0 atom stereocenters. The minimum Gasteiger partial charge on any atom is -0.489 e. The Hall–Kier alpha value is -1.85. The topological polar surface area (TPSA) is 60.5 Å². The fraction of sp³-hybridized carbons (Fsp3) is 0.571. The summed E-state index contributed by atoms with van der Waals surface area (Å²) in [6.45, 7) is 5.46. The third-order valence-corrected chi connectivity index (χ3v) is 2.82. The summed E-state index contributed by atoms with van der Waals surface area (Å²) in [5.74, 6) is 0.00236. The number of nitrogens with one attached hydrogen (secondary N) is 1. The van der Waals surface area contributed by atoms with E-state index >= 15 is 0 Å². The van der Waals surface area contributed by atoms with Crippen LogP contribution in [0.3, 0.4) is 0 Å². The minimum absolute atomic E-state index is 0.0159. The molecule has 2 rings (SSSR count). The maximum Gasteiger partial charge on any atom is 0.407 e. The van der Waals surface area contributed by atoms with Gasteiger partial charge < -0.3 is 14.8 Å². The highest BCUT2D eigenvalue weighted by Gasteiger charge is 2.33. The summed E-state index contributed by atoms with van der Waals surface area (Å²) in [6, 6.07) is 2.85. The lowest BCUT2D eigenvalue weighted by Crippen LogP contribution is -2.50. The first-order valence-electron chi connectivity index (χ1n) is 6.59. The second kappa shape index (κ2) is 5.64. The van der Waals surface area contributed by atoms with Crippen molar-refractivity contribution in [2.75, 3.05) is 0 Å². The van der Waals surface area contributed by atoms with E-state index in [4.69, 9.17) is 9.47 Å². The Kier molecular flexibility index (Phi) is 4.11. The number of rotatable bonds is 3. The van der Waals surface area contributed by atoms with E-state index < -0.39 is 17.6 Å². The molecule has 0 saturated heterocycles. The Labute approximate surface area is 117 Å². The van der Waals surface area contributed by atoms with Gasteiger partial charge in [-0.3, -0.25) is 0 Å². The van der Waals surface area contributed by atoms with Gasteiger partial charge in [0.15, 0.2) is 0 Å². The molecule has 5 nitrogen and oxygen atoms in total. The van der Waals surface area contributed by atoms with Crippen LogP contribution in [0.25, 0.3) is 0 Å². The molecular formula is C14H19FN2O3. The average Bonchev–Trinajstić information content (AvgIpc) is 2.26. The fourth-order valence-electron chi connectivity index (χ4n) is 1.88. The zero-order valence-corrected chi connectivity index (χ0v) is 11.9. The molecule has 0 unspecified atom stereocenters. The zero-order chi connectivity index (χ0) is 14.8. The summed E-state index contributed by atoms with van der Waals surface area (Å²) in [6.07, 6.45) is 2.36. The Morgan fingerprint density at radius 3 is 2.65 bits per heavy atom. The van der Waals surface area contributed by atoms with E-state index in [0.29, 0.717) is 18.6 Å². The smallest absolute Gasteiger partial charge is 0.407 e. The van der Waals surface area contributed by atoms with E-state index in [0.717, 1.165) is 0 Å². The van der Waals surface area contributed by atoms with Crippen molar-refractivity contribution < 1.29 is 18.7 Å². The van der Waals surface area contributed by atoms with E-state index in [2.05, 4.69) is 10.3 Å². The minimum atomic E-state index is -0.532. The molecule has 1 aliphatic rings. The predicted molar refractivity (Wildman–Crippen MR) is 71.0 cm³/mol. The number of ether oxygens (including phenoxy) is 2. The molecule has 20 heavy (non-hydrogen) atoms. The van der Waals surface area contributed by atoms with Crippen LogP contribution in [0.5, 0.6) is 5.75 Å². The van der Waals surface area contributed by atoms with Crippen LogP contribution in [0.1, 0.15) is 33.6 Å². The number of carbonyl (C=O) groups excluding carboxylic acids is 1. The lowest BCUT2D eigenvalue weighted by atomic mass is 9.89. The lowest BCUT2D eigenvalue weighted by molar-refractivity contribution is 0.0362. The Morgan fingerprint density at radius 1 is 1.40 bits per heavy atom. The molecule has 1 N–H and O–H groups in total. The lowest BCUT2D eigenvalue weighted by Gasteiger charge is -2.36. The first kappa shape index (κ1) is 14.6. The van der Waals surface area contributed by atoms with Crippen molar-refractivity contribution in [3.63, 3.8) is 0 Å². The van der Waals surface area contributed by atoms with Gasteiger partial charge in [-0.2, -0.15) is 4.39 Å². The van der Waals surface area contributed by atoms with E-state index in [9.17, 15) is 9.18 Å². The summed E-state index contributed by atoms with van der Waals surface area (Å²) < 4.78 is 23.4. The molecule has 1 saturated carbocycles. The van der Waals surface area contributed by atoms with Crippen LogP contribution in [-0.2, 0) is 4.74 Å². The van der Waals surface area contributed by atoms with Crippen LogP contribution in [0.15, 0.2) is 18.3 Å². The standard InChI is InChI=1S/C14H19FN2O3/c1-14(2,3)20-13(18)17-9-6-11(7-9)19-10-4-5-12(15)16-8-10/h4-5,8-9,11H,6-7H2,1-3H3,(H,17,18). The van der Waals surface area contributed by atoms with Gasteiger partial charge in [-0.05, 0) is 32.9 Å². The van der Waals surface area contributed by atoms with E-state index in [1.807, 2.05) is 20.8 Å². The highest BCUT2D eigenvalue weighted by Crippen LogP contribution is 2.26. The molecular weight excluding hydrogens is 263 g/mol. The van der Waals surface area contributed by atoms with Gasteiger partial charge in [0, 0.05) is 18.9 Å². The number of alkyl carbamates (subject to hydrolysis) is 1. The molecule has 6 heteroatoms. The SMILES string of the molecule is CC(C)(C)OC(=O)NC1CC(Oc2ccc(F)nc2)C1. The number of amides is 1. The molecule has 1 aromatic heterocycles. The first-order chi connectivity index (χ1) is 9.32. The van der Waals surface area contributed by atoms with Crippen molar-refractivity contribution >= 4 is 6.09 Å². The van der Waals surface area contributed by atoms with Crippen LogP contribution < -0.4 is 10.1 Å². The summed E-state index contributed by atoms with van der Waals surface area (Å²) in [4.78, 5) is 15.1. The number of halogens is 1. The number of hydrogen-bond acceptors (Lipinski definition) is 4. The van der Waals surface area contributed by atoms with Gasteiger partial charge in [0.25, 0.3) is 0 Å². The summed E-state index contributed by atoms with van der Waals surface area (Å²) in [5.41, 5.74) is -0.497. The predicted octanol–water partition coefficient (Wildman–Crippen LogP) is 2.66. The maximum atomic E-state index is 12.6. The van der Waals surface area contributed by atoms with Gasteiger partial charge in [0.05, 0.1) is 6.20 Å². The molecule has 0 radical (unpaired) electrons. The van der Waals surface area contributed by atoms with E-state index in [1.54, 1.807) is 0 Å². The third kappa shape index (κ3) is 4.36. The largest absolute Gasteiger partial charge is 0.489 e. The summed E-state index contributed by atoms with van der Waals surface area (Å²) in [7, 11) is 0. The second-order valence-electron chi connectivity index (χ2n) is 5.87. The molecule has 1 amide bonds. The molecule has 1 fully saturated rings. The van der Waals surface area contributed by atoms with Crippen LogP contribution in [0, 0.1) is 5.95 Å². The highest BCUT2D eigenvalue weighted by atomic mass is 19.1. The molecule has 0 bridgehead atoms. The molecule has 0 aliphatic heterocycles. The number of carbonyl (C=O) groups is 1. The monoisotopic (exact) mass is 282 g/mol. The third-order valence-electron chi connectivity index (χ3n) is 2.82. The quantitative estimate of drug-likeness (QED) is 0.866. The van der Waals surface area contributed by atoms with Crippen molar-refractivity contribution in [2.45, 2.75) is 51.4 Å². The average molecular weight is 282 g/mol. The van der Waals surface area contributed by atoms with Crippen LogP contribution in [-0.4, -0.2) is 28.8 Å². The van der Waals surface area contributed by atoms with Crippen molar-refractivity contribution in [3.8, 4) is 5.75 Å². The number of hydrogen-bond donors (Lipinski definition) is 1. The van der Waals surface area contributed by atoms with Crippen LogP contribution in [0.4, 0.5) is 9.18 Å². The van der Waals surface area contributed by atoms with Gasteiger partial charge >= 0.3 is 6.09 Å². The van der Waals surface area contributed by atoms with Gasteiger partial charge in [-0.1, -0.05) is 0 Å². The first-order valence-corrected chi connectivity index (χ1v) is 6.59. The van der Waals surface area contributed by atoms with Crippen molar-refractivity contribution in [3.05, 3.63) is 24.3 Å². The number of aromatic nitrogens is 1. The van der Waals surface area contributed by atoms with E-state index in [1.165, 1.54) is 18.3 Å². The molecule has 110 valence electrons. The summed E-state index contributed by atoms with van der Waals surface area (Å²) in [5, 5.41) is 2.78. The fourth-order valence-corrected chi connectivity index (χ4v) is 1.88. The maximum absolute atomic E-state index is 12.6. The zero-order valence-electron chi connectivity index (χ0n) is 11.9. The Balaban J connectivity index is 1.70.